The molecule has 0 unspecified atom stereocenters. The Bertz CT molecular complexity index is 361. The summed E-state index contributed by atoms with van der Waals surface area (Å²) in [4.78, 5) is 10.2. The number of halogens is 1. The third kappa shape index (κ3) is 2.49. The highest BCUT2D eigenvalue weighted by Gasteiger charge is 1.99. The van der Waals surface area contributed by atoms with Crippen molar-refractivity contribution in [1.29, 1.82) is 0 Å². The first kappa shape index (κ1) is 9.61. The number of nitrogens with two attached hydrogens (primary N) is 1. The van der Waals surface area contributed by atoms with Crippen LogP contribution in [0, 0.1) is 0 Å². The zero-order valence-electron chi connectivity index (χ0n) is 6.70. The number of anilines is 1. The molecule has 1 aromatic rings. The minimum atomic E-state index is -1.02. The molecule has 0 bridgehead atoms. The Labute approximate surface area is 80.4 Å². The Morgan fingerprint density at radius 2 is 2.23 bits per heavy atom. The zero-order chi connectivity index (χ0) is 9.84. The van der Waals surface area contributed by atoms with E-state index in [2.05, 4.69) is 0 Å². The molecule has 68 valence electrons. The Hall–Kier alpha value is -1.48. The van der Waals surface area contributed by atoms with Crippen LogP contribution in [0.3, 0.4) is 0 Å². The highest BCUT2D eigenvalue weighted by Crippen LogP contribution is 2.23. The van der Waals surface area contributed by atoms with Gasteiger partial charge < -0.3 is 10.8 Å². The minimum Gasteiger partial charge on any atom is -0.478 e. The van der Waals surface area contributed by atoms with Gasteiger partial charge >= 0.3 is 5.97 Å². The summed E-state index contributed by atoms with van der Waals surface area (Å²) in [5.41, 5.74) is 6.55. The zero-order valence-corrected chi connectivity index (χ0v) is 7.45. The van der Waals surface area contributed by atoms with E-state index >= 15 is 0 Å². The number of hydrogen-bond acceptors (Lipinski definition) is 2. The Morgan fingerprint density at radius 1 is 1.54 bits per heavy atom. The largest absolute Gasteiger partial charge is 0.478 e. The van der Waals surface area contributed by atoms with E-state index in [1.807, 2.05) is 0 Å². The fourth-order valence-corrected chi connectivity index (χ4v) is 1.05. The van der Waals surface area contributed by atoms with Crippen LogP contribution in [-0.2, 0) is 4.79 Å². The van der Waals surface area contributed by atoms with Crippen LogP contribution in [0.2, 0.25) is 5.02 Å². The Morgan fingerprint density at radius 3 is 2.85 bits per heavy atom. The number of nitrogen functional groups attached to an aromatic ring is 1. The van der Waals surface area contributed by atoms with Gasteiger partial charge in [-0.1, -0.05) is 23.7 Å². The summed E-state index contributed by atoms with van der Waals surface area (Å²) in [6.07, 6.45) is 2.42. The van der Waals surface area contributed by atoms with Crippen LogP contribution in [0.1, 0.15) is 5.56 Å². The van der Waals surface area contributed by atoms with Gasteiger partial charge in [0.15, 0.2) is 0 Å². The molecular formula is C9H8ClNO2. The third-order valence-electron chi connectivity index (χ3n) is 1.46. The van der Waals surface area contributed by atoms with Crippen LogP contribution >= 0.6 is 11.6 Å². The number of hydrogen-bond donors (Lipinski definition) is 2. The second kappa shape index (κ2) is 3.96. The van der Waals surface area contributed by atoms with Crippen molar-refractivity contribution in [1.82, 2.24) is 0 Å². The molecule has 0 atom stereocenters. The number of carbonyl (C=O) groups is 1. The van der Waals surface area contributed by atoms with Crippen LogP contribution in [0.15, 0.2) is 24.3 Å². The fourth-order valence-electron chi connectivity index (χ4n) is 0.858. The maximum absolute atomic E-state index is 10.2. The molecule has 3 N–H and O–H groups in total. The lowest BCUT2D eigenvalue weighted by molar-refractivity contribution is -0.131. The third-order valence-corrected chi connectivity index (χ3v) is 1.90. The highest BCUT2D eigenvalue weighted by molar-refractivity contribution is 6.34. The summed E-state index contributed by atoms with van der Waals surface area (Å²) in [6.45, 7) is 0. The number of rotatable bonds is 2. The van der Waals surface area contributed by atoms with E-state index in [4.69, 9.17) is 22.4 Å². The van der Waals surface area contributed by atoms with Crippen molar-refractivity contribution >= 4 is 29.3 Å². The van der Waals surface area contributed by atoms with E-state index < -0.39 is 5.97 Å². The Kier molecular flexibility index (Phi) is 2.93. The predicted octanol–water partition coefficient (Wildman–Crippen LogP) is 2.02. The number of carboxylic acid groups (broad SMARTS) is 1. The first-order valence-electron chi connectivity index (χ1n) is 3.56. The standard InChI is InChI=1S/C9H8ClNO2/c10-9-6(4-5-8(12)13)2-1-3-7(9)11/h1-5H,11H2,(H,12,13)/b5-4+. The quantitative estimate of drug-likeness (QED) is 0.563. The van der Waals surface area contributed by atoms with E-state index in [1.165, 1.54) is 6.08 Å². The van der Waals surface area contributed by atoms with Gasteiger partial charge in [-0.3, -0.25) is 0 Å². The minimum absolute atomic E-state index is 0.375. The molecule has 0 amide bonds. The molecule has 0 aliphatic heterocycles. The molecule has 0 aliphatic carbocycles. The van der Waals surface area contributed by atoms with Crippen molar-refractivity contribution in [2.45, 2.75) is 0 Å². The molecule has 13 heavy (non-hydrogen) atoms. The van der Waals surface area contributed by atoms with E-state index in [9.17, 15) is 4.79 Å². The summed E-state index contributed by atoms with van der Waals surface area (Å²) >= 11 is 5.81. The molecule has 0 radical (unpaired) electrons. The number of benzene rings is 1. The Balaban J connectivity index is 3.02. The molecule has 1 rings (SSSR count). The summed E-state index contributed by atoms with van der Waals surface area (Å²) in [6, 6.07) is 5.06. The molecule has 0 heterocycles. The number of carboxylic acids is 1. The lowest BCUT2D eigenvalue weighted by Crippen LogP contribution is -1.89. The van der Waals surface area contributed by atoms with Crippen molar-refractivity contribution in [3.05, 3.63) is 34.9 Å². The van der Waals surface area contributed by atoms with Crippen LogP contribution in [-0.4, -0.2) is 11.1 Å². The summed E-state index contributed by atoms with van der Waals surface area (Å²) in [5, 5.41) is 8.75. The molecular weight excluding hydrogens is 190 g/mol. The maximum atomic E-state index is 10.2. The van der Waals surface area contributed by atoms with Gasteiger partial charge in [0.25, 0.3) is 0 Å². The van der Waals surface area contributed by atoms with E-state index in [-0.39, 0.29) is 0 Å². The first-order valence-corrected chi connectivity index (χ1v) is 3.94. The number of aliphatic carboxylic acids is 1. The molecule has 0 fully saturated rings. The van der Waals surface area contributed by atoms with Gasteiger partial charge in [-0.25, -0.2) is 4.79 Å². The molecule has 0 saturated carbocycles. The SMILES string of the molecule is Nc1cccc(/C=C/C(=O)O)c1Cl. The molecule has 0 aliphatic rings. The van der Waals surface area contributed by atoms with Crippen LogP contribution in [0.4, 0.5) is 5.69 Å². The van der Waals surface area contributed by atoms with Gasteiger partial charge in [0.2, 0.25) is 0 Å². The van der Waals surface area contributed by atoms with Crippen molar-refractivity contribution in [3.8, 4) is 0 Å². The highest BCUT2D eigenvalue weighted by atomic mass is 35.5. The van der Waals surface area contributed by atoms with Crippen molar-refractivity contribution < 1.29 is 9.90 Å². The van der Waals surface area contributed by atoms with Gasteiger partial charge in [-0.2, -0.15) is 0 Å². The van der Waals surface area contributed by atoms with Crippen molar-refractivity contribution in [3.63, 3.8) is 0 Å². The molecule has 1 aromatic carbocycles. The second-order valence-corrected chi connectivity index (χ2v) is 2.80. The first-order chi connectivity index (χ1) is 6.11. The van der Waals surface area contributed by atoms with Crippen LogP contribution in [0.25, 0.3) is 6.08 Å². The van der Waals surface area contributed by atoms with Crippen molar-refractivity contribution in [2.24, 2.45) is 0 Å². The summed E-state index contributed by atoms with van der Waals surface area (Å²) in [5.74, 6) is -1.02. The van der Waals surface area contributed by atoms with Crippen molar-refractivity contribution in [2.75, 3.05) is 5.73 Å². The summed E-state index contributed by atoms with van der Waals surface area (Å²) < 4.78 is 0. The predicted molar refractivity (Wildman–Crippen MR) is 52.5 cm³/mol. The van der Waals surface area contributed by atoms with E-state index in [0.717, 1.165) is 6.08 Å². The smallest absolute Gasteiger partial charge is 0.328 e. The molecule has 0 saturated heterocycles. The van der Waals surface area contributed by atoms with Gasteiger partial charge in [0, 0.05) is 6.08 Å². The average molecular weight is 198 g/mol. The monoisotopic (exact) mass is 197 g/mol. The molecule has 4 heteroatoms. The van der Waals surface area contributed by atoms with Crippen LogP contribution in [0.5, 0.6) is 0 Å². The van der Waals surface area contributed by atoms with Gasteiger partial charge in [0.05, 0.1) is 10.7 Å². The average Bonchev–Trinajstić information content (AvgIpc) is 2.07. The molecule has 3 nitrogen and oxygen atoms in total. The molecule has 0 aromatic heterocycles. The molecule has 0 spiro atoms. The second-order valence-electron chi connectivity index (χ2n) is 2.42. The summed E-state index contributed by atoms with van der Waals surface area (Å²) in [7, 11) is 0. The normalized spacial score (nSPS) is 10.5. The lowest BCUT2D eigenvalue weighted by atomic mass is 10.2. The van der Waals surface area contributed by atoms with Gasteiger partial charge in [-0.05, 0) is 17.7 Å². The lowest BCUT2D eigenvalue weighted by Gasteiger charge is -2.00. The van der Waals surface area contributed by atoms with E-state index in [0.29, 0.717) is 16.3 Å². The van der Waals surface area contributed by atoms with Crippen LogP contribution < -0.4 is 5.73 Å². The van der Waals surface area contributed by atoms with Gasteiger partial charge in [-0.15, -0.1) is 0 Å². The van der Waals surface area contributed by atoms with E-state index in [1.54, 1.807) is 18.2 Å². The van der Waals surface area contributed by atoms with Gasteiger partial charge in [0.1, 0.15) is 0 Å². The topological polar surface area (TPSA) is 63.3 Å². The fraction of sp³-hybridized carbons (Fsp3) is 0. The maximum Gasteiger partial charge on any atom is 0.328 e.